The number of rotatable bonds is 3. The maximum atomic E-state index is 12.9. The lowest BCUT2D eigenvalue weighted by Crippen LogP contribution is -2.43. The summed E-state index contributed by atoms with van der Waals surface area (Å²) >= 11 is 11.8. The van der Waals surface area contributed by atoms with Gasteiger partial charge in [0.05, 0.1) is 18.1 Å². The second-order valence-electron chi connectivity index (χ2n) is 4.98. The Bertz CT molecular complexity index is 804. The first kappa shape index (κ1) is 16.7. The van der Waals surface area contributed by atoms with E-state index in [1.54, 1.807) is 6.92 Å². The summed E-state index contributed by atoms with van der Waals surface area (Å²) in [7, 11) is -3.83. The highest BCUT2D eigenvalue weighted by Crippen LogP contribution is 2.31. The lowest BCUT2D eigenvalue weighted by molar-refractivity contribution is 0.0282. The summed E-state index contributed by atoms with van der Waals surface area (Å²) in [6.45, 7) is 2.23. The van der Waals surface area contributed by atoms with Crippen molar-refractivity contribution >= 4 is 33.2 Å². The van der Waals surface area contributed by atoms with Crippen LogP contribution in [0.1, 0.15) is 17.8 Å². The minimum atomic E-state index is -3.83. The Morgan fingerprint density at radius 2 is 1.96 bits per heavy atom. The van der Waals surface area contributed by atoms with Crippen molar-refractivity contribution in [1.82, 2.24) is 14.4 Å². The number of nitrogens with zero attached hydrogens (tertiary/aromatic N) is 3. The molecule has 3 rings (SSSR count). The van der Waals surface area contributed by atoms with Gasteiger partial charge in [-0.3, -0.25) is 0 Å². The molecule has 10 heteroatoms. The van der Waals surface area contributed by atoms with Gasteiger partial charge in [-0.1, -0.05) is 28.4 Å². The largest absolute Gasteiger partial charge is 0.378 e. The monoisotopic (exact) mass is 377 g/mol. The quantitative estimate of drug-likeness (QED) is 0.816. The minimum Gasteiger partial charge on any atom is -0.378 e. The van der Waals surface area contributed by atoms with E-state index in [2.05, 4.69) is 10.1 Å². The van der Waals surface area contributed by atoms with E-state index < -0.39 is 16.1 Å². The van der Waals surface area contributed by atoms with Crippen molar-refractivity contribution in [3.05, 3.63) is 40.0 Å². The average Bonchev–Trinajstić information content (AvgIpc) is 2.93. The summed E-state index contributed by atoms with van der Waals surface area (Å²) in [5.41, 5.74) is 0. The Morgan fingerprint density at radius 3 is 2.57 bits per heavy atom. The zero-order valence-corrected chi connectivity index (χ0v) is 14.4. The molecule has 1 atom stereocenters. The van der Waals surface area contributed by atoms with Gasteiger partial charge >= 0.3 is 0 Å². The van der Waals surface area contributed by atoms with E-state index >= 15 is 0 Å². The maximum absolute atomic E-state index is 12.9. The van der Waals surface area contributed by atoms with Crippen molar-refractivity contribution in [1.29, 1.82) is 0 Å². The number of benzene rings is 1. The van der Waals surface area contributed by atoms with E-state index in [4.69, 9.17) is 32.5 Å². The van der Waals surface area contributed by atoms with E-state index in [-0.39, 0.29) is 40.5 Å². The predicted molar refractivity (Wildman–Crippen MR) is 82.9 cm³/mol. The number of aromatic nitrogens is 2. The molecule has 0 radical (unpaired) electrons. The third-order valence-corrected chi connectivity index (χ3v) is 5.69. The molecule has 0 amide bonds. The van der Waals surface area contributed by atoms with Gasteiger partial charge in [0.1, 0.15) is 6.04 Å². The Kier molecular flexibility index (Phi) is 4.61. The molecule has 0 aliphatic carbocycles. The van der Waals surface area contributed by atoms with Crippen molar-refractivity contribution in [2.24, 2.45) is 0 Å². The van der Waals surface area contributed by atoms with Crippen LogP contribution in [-0.2, 0) is 14.8 Å². The van der Waals surface area contributed by atoms with Crippen molar-refractivity contribution in [3.63, 3.8) is 0 Å². The van der Waals surface area contributed by atoms with E-state index in [1.165, 1.54) is 22.5 Å². The lowest BCUT2D eigenvalue weighted by atomic mass is 10.2. The predicted octanol–water partition coefficient (Wildman–Crippen LogP) is 2.45. The summed E-state index contributed by atoms with van der Waals surface area (Å²) in [4.78, 5) is 4.13. The number of hydrogen-bond donors (Lipinski definition) is 0. The zero-order chi connectivity index (χ0) is 16.6. The SMILES string of the molecule is Cc1nc(C2COCCN2S(=O)(=O)c2cc(Cl)cc(Cl)c2)no1. The van der Waals surface area contributed by atoms with Gasteiger partial charge in [0, 0.05) is 23.5 Å². The van der Waals surface area contributed by atoms with Gasteiger partial charge in [0.2, 0.25) is 15.9 Å². The molecule has 0 saturated carbocycles. The molecule has 1 fully saturated rings. The first-order valence-electron chi connectivity index (χ1n) is 6.74. The molecule has 0 N–H and O–H groups in total. The summed E-state index contributed by atoms with van der Waals surface area (Å²) in [5.74, 6) is 0.618. The minimum absolute atomic E-state index is 0.0158. The van der Waals surface area contributed by atoms with Crippen LogP contribution in [0.25, 0.3) is 0 Å². The summed E-state index contributed by atoms with van der Waals surface area (Å²) < 4.78 is 37.5. The van der Waals surface area contributed by atoms with E-state index in [1.807, 2.05) is 0 Å². The fraction of sp³-hybridized carbons (Fsp3) is 0.385. The second kappa shape index (κ2) is 6.37. The van der Waals surface area contributed by atoms with Crippen molar-refractivity contribution in [2.45, 2.75) is 17.9 Å². The van der Waals surface area contributed by atoms with Crippen molar-refractivity contribution < 1.29 is 17.7 Å². The summed E-state index contributed by atoms with van der Waals surface area (Å²) in [5, 5.41) is 4.30. The molecule has 2 heterocycles. The highest BCUT2D eigenvalue weighted by molar-refractivity contribution is 7.89. The second-order valence-corrected chi connectivity index (χ2v) is 7.75. The highest BCUT2D eigenvalue weighted by atomic mass is 35.5. The van der Waals surface area contributed by atoms with Crippen LogP contribution in [-0.4, -0.2) is 42.6 Å². The van der Waals surface area contributed by atoms with Crippen molar-refractivity contribution in [2.75, 3.05) is 19.8 Å². The molecule has 124 valence electrons. The molecule has 7 nitrogen and oxygen atoms in total. The topological polar surface area (TPSA) is 85.5 Å². The molecule has 1 saturated heterocycles. The molecule has 23 heavy (non-hydrogen) atoms. The number of aryl methyl sites for hydroxylation is 1. The fourth-order valence-electron chi connectivity index (χ4n) is 2.34. The first-order valence-corrected chi connectivity index (χ1v) is 8.93. The molecule has 1 unspecified atom stereocenters. The standard InChI is InChI=1S/C13H13Cl2N3O4S/c1-8-16-13(17-22-8)12-7-21-3-2-18(12)23(19,20)11-5-9(14)4-10(15)6-11/h4-6,12H,2-3,7H2,1H3. The third kappa shape index (κ3) is 3.36. The van der Waals surface area contributed by atoms with Gasteiger partial charge in [-0.2, -0.15) is 9.29 Å². The fourth-order valence-corrected chi connectivity index (χ4v) is 4.63. The van der Waals surface area contributed by atoms with Crippen LogP contribution in [0.15, 0.2) is 27.6 Å². The highest BCUT2D eigenvalue weighted by Gasteiger charge is 2.37. The molecule has 1 aromatic carbocycles. The smallest absolute Gasteiger partial charge is 0.244 e. The van der Waals surface area contributed by atoms with Crippen LogP contribution < -0.4 is 0 Å². The van der Waals surface area contributed by atoms with Gasteiger partial charge in [-0.05, 0) is 18.2 Å². The molecule has 1 aliphatic rings. The van der Waals surface area contributed by atoms with E-state index in [0.29, 0.717) is 5.89 Å². The molecule has 0 bridgehead atoms. The number of ether oxygens (including phenoxy) is 1. The Labute approximate surface area is 143 Å². The Hall–Kier alpha value is -1.19. The van der Waals surface area contributed by atoms with Crippen LogP contribution in [0.5, 0.6) is 0 Å². The van der Waals surface area contributed by atoms with Crippen LogP contribution in [0, 0.1) is 6.92 Å². The van der Waals surface area contributed by atoms with E-state index in [9.17, 15) is 8.42 Å². The summed E-state index contributed by atoms with van der Waals surface area (Å²) in [6.07, 6.45) is 0. The Balaban J connectivity index is 2.02. The Morgan fingerprint density at radius 1 is 1.26 bits per heavy atom. The molecule has 1 aliphatic heterocycles. The summed E-state index contributed by atoms with van der Waals surface area (Å²) in [6, 6.07) is 3.53. The number of halogens is 2. The molecule has 0 spiro atoms. The molecule has 1 aromatic heterocycles. The first-order chi connectivity index (χ1) is 10.9. The van der Waals surface area contributed by atoms with E-state index in [0.717, 1.165) is 0 Å². The van der Waals surface area contributed by atoms with Crippen LogP contribution >= 0.6 is 23.2 Å². The number of morpholine rings is 1. The van der Waals surface area contributed by atoms with Crippen LogP contribution in [0.2, 0.25) is 10.0 Å². The average molecular weight is 378 g/mol. The third-order valence-electron chi connectivity index (χ3n) is 3.36. The lowest BCUT2D eigenvalue weighted by Gasteiger charge is -2.32. The van der Waals surface area contributed by atoms with Crippen LogP contribution in [0.3, 0.4) is 0 Å². The molecule has 2 aromatic rings. The molecular formula is C13H13Cl2N3O4S. The molecular weight excluding hydrogens is 365 g/mol. The van der Waals surface area contributed by atoms with Gasteiger partial charge in [0.25, 0.3) is 0 Å². The zero-order valence-electron chi connectivity index (χ0n) is 12.1. The number of sulfonamides is 1. The van der Waals surface area contributed by atoms with Gasteiger partial charge in [-0.15, -0.1) is 0 Å². The number of hydrogen-bond acceptors (Lipinski definition) is 6. The normalized spacial score (nSPS) is 19.9. The van der Waals surface area contributed by atoms with Crippen LogP contribution in [0.4, 0.5) is 0 Å². The maximum Gasteiger partial charge on any atom is 0.244 e. The van der Waals surface area contributed by atoms with Crippen molar-refractivity contribution in [3.8, 4) is 0 Å². The van der Waals surface area contributed by atoms with Gasteiger partial charge < -0.3 is 9.26 Å². The van der Waals surface area contributed by atoms with Gasteiger partial charge in [0.15, 0.2) is 5.82 Å². The van der Waals surface area contributed by atoms with Gasteiger partial charge in [-0.25, -0.2) is 8.42 Å².